The minimum atomic E-state index is -0.413. The van der Waals surface area contributed by atoms with Crippen LogP contribution in [0.4, 0.5) is 10.6 Å². The molecular weight excluding hydrogens is 719 g/mol. The molecule has 2 aliphatic rings. The number of hydrogen-bond acceptors (Lipinski definition) is 8. The first-order chi connectivity index (χ1) is 27.4. The highest BCUT2D eigenvalue weighted by atomic mass is 16.2. The van der Waals surface area contributed by atoms with E-state index in [1.54, 1.807) is 28.3 Å². The minimum absolute atomic E-state index is 0.142. The van der Waals surface area contributed by atoms with E-state index in [4.69, 9.17) is 0 Å². The Kier molecular flexibility index (Phi) is 10.4. The first-order valence-electron chi connectivity index (χ1n) is 20.0. The summed E-state index contributed by atoms with van der Waals surface area (Å²) in [4.78, 5) is 45.8. The smallest absolute Gasteiger partial charge is 0.329 e. The fraction of sp³-hybridized carbons (Fsp3) is 0.419. The molecule has 2 fully saturated rings. The van der Waals surface area contributed by atoms with Gasteiger partial charge in [-0.15, -0.1) is 0 Å². The normalized spacial score (nSPS) is 15.8. The van der Waals surface area contributed by atoms with E-state index in [1.807, 2.05) is 16.2 Å². The zero-order chi connectivity index (χ0) is 39.8. The molecule has 6 heterocycles. The molecule has 0 unspecified atom stereocenters. The van der Waals surface area contributed by atoms with Crippen molar-refractivity contribution in [1.82, 2.24) is 49.7 Å². The summed E-state index contributed by atoms with van der Waals surface area (Å²) in [5, 5.41) is 19.9. The van der Waals surface area contributed by atoms with E-state index in [2.05, 4.69) is 112 Å². The number of imide groups is 1. The average molecular weight is 770 g/mol. The fourth-order valence-corrected chi connectivity index (χ4v) is 8.10. The second-order valence-electron chi connectivity index (χ2n) is 16.5. The van der Waals surface area contributed by atoms with Gasteiger partial charge in [0.1, 0.15) is 6.33 Å². The van der Waals surface area contributed by atoms with E-state index >= 15 is 0 Å². The van der Waals surface area contributed by atoms with Gasteiger partial charge in [-0.05, 0) is 132 Å². The van der Waals surface area contributed by atoms with Crippen LogP contribution in [0.15, 0.2) is 67.4 Å². The Hall–Kier alpha value is -5.89. The number of nitrogens with zero attached hydrogens (tertiary/aromatic N) is 9. The summed E-state index contributed by atoms with van der Waals surface area (Å²) in [7, 11) is 1.91. The molecule has 0 spiro atoms. The Balaban J connectivity index is 0.821. The van der Waals surface area contributed by atoms with Gasteiger partial charge in [0.05, 0.1) is 34.0 Å². The standard InChI is InChI=1S/C43H51N11O3/c1-28-20-32(9-10-33(28)23-44-41(56)34-24-46-54(26-34)43(2,3)4)39-37-21-29(25-53(37)47-27-45-39)8-6-7-16-51-17-13-30(14-18-51)31-11-12-35-36(22-31)50(5)49-40(35)52-19-15-38(55)48-42(52)57/h9-12,20-22,24-27,30H,6-8,13-19,23H2,1-5H3,(H,44,56)(H,48,55,57). The number of nitrogens with one attached hydrogen (secondary N) is 2. The molecule has 2 aliphatic heterocycles. The molecular formula is C43H51N11O3. The summed E-state index contributed by atoms with van der Waals surface area (Å²) in [6.07, 6.45) is 12.8. The maximum atomic E-state index is 12.8. The molecule has 4 amide bonds. The first kappa shape index (κ1) is 38.0. The number of urea groups is 1. The van der Waals surface area contributed by atoms with Gasteiger partial charge in [-0.3, -0.25) is 29.2 Å². The number of hydrogen-bond donors (Lipinski definition) is 2. The fourth-order valence-electron chi connectivity index (χ4n) is 8.10. The molecule has 8 rings (SSSR count). The van der Waals surface area contributed by atoms with Crippen LogP contribution in [0.5, 0.6) is 0 Å². The van der Waals surface area contributed by atoms with E-state index in [9.17, 15) is 14.4 Å². The predicted octanol–water partition coefficient (Wildman–Crippen LogP) is 6.12. The first-order valence-corrected chi connectivity index (χ1v) is 20.0. The molecule has 2 aromatic carbocycles. The third kappa shape index (κ3) is 8.04. The molecule has 4 aromatic heterocycles. The number of aryl methyl sites for hydroxylation is 3. The summed E-state index contributed by atoms with van der Waals surface area (Å²) in [5.41, 5.74) is 8.96. The van der Waals surface area contributed by atoms with Crippen molar-refractivity contribution < 1.29 is 14.4 Å². The number of unbranched alkanes of at least 4 members (excludes halogenated alkanes) is 1. The van der Waals surface area contributed by atoms with Crippen LogP contribution >= 0.6 is 0 Å². The van der Waals surface area contributed by atoms with E-state index < -0.39 is 6.03 Å². The third-order valence-corrected chi connectivity index (χ3v) is 11.5. The molecule has 0 atom stereocenters. The number of amides is 4. The summed E-state index contributed by atoms with van der Waals surface area (Å²) in [6.45, 7) is 12.2. The highest BCUT2D eigenvalue weighted by Gasteiger charge is 2.29. The van der Waals surface area contributed by atoms with E-state index in [1.165, 1.54) is 11.1 Å². The molecule has 0 saturated carbocycles. The van der Waals surface area contributed by atoms with Crippen molar-refractivity contribution in [3.05, 3.63) is 95.2 Å². The molecule has 2 saturated heterocycles. The molecule has 0 aliphatic carbocycles. The summed E-state index contributed by atoms with van der Waals surface area (Å²) in [5.74, 6) is 0.696. The highest BCUT2D eigenvalue weighted by Crippen LogP contribution is 2.34. The van der Waals surface area contributed by atoms with Gasteiger partial charge in [0.15, 0.2) is 5.82 Å². The molecule has 57 heavy (non-hydrogen) atoms. The van der Waals surface area contributed by atoms with Crippen molar-refractivity contribution in [1.29, 1.82) is 0 Å². The largest absolute Gasteiger partial charge is 0.348 e. The van der Waals surface area contributed by atoms with Gasteiger partial charge in [-0.25, -0.2) is 14.3 Å². The molecule has 6 aromatic rings. The van der Waals surface area contributed by atoms with Crippen LogP contribution < -0.4 is 15.5 Å². The van der Waals surface area contributed by atoms with Crippen LogP contribution in [0.1, 0.15) is 91.4 Å². The molecule has 0 radical (unpaired) electrons. The van der Waals surface area contributed by atoms with Gasteiger partial charge in [-0.2, -0.15) is 15.3 Å². The topological polar surface area (TPSA) is 148 Å². The van der Waals surface area contributed by atoms with Crippen LogP contribution in [-0.2, 0) is 30.3 Å². The monoisotopic (exact) mass is 769 g/mol. The van der Waals surface area contributed by atoms with Gasteiger partial charge >= 0.3 is 6.03 Å². The Morgan fingerprint density at radius 1 is 0.965 bits per heavy atom. The van der Waals surface area contributed by atoms with Crippen molar-refractivity contribution in [3.8, 4) is 11.3 Å². The highest BCUT2D eigenvalue weighted by molar-refractivity contribution is 6.08. The molecule has 14 nitrogen and oxygen atoms in total. The lowest BCUT2D eigenvalue weighted by Crippen LogP contribution is -2.49. The number of benzene rings is 2. The zero-order valence-electron chi connectivity index (χ0n) is 33.5. The van der Waals surface area contributed by atoms with Crippen LogP contribution in [0.25, 0.3) is 27.7 Å². The third-order valence-electron chi connectivity index (χ3n) is 11.5. The lowest BCUT2D eigenvalue weighted by Gasteiger charge is -2.32. The number of carbonyl (C=O) groups is 3. The second kappa shape index (κ2) is 15.6. The quantitative estimate of drug-likeness (QED) is 0.150. The number of rotatable bonds is 11. The van der Waals surface area contributed by atoms with E-state index in [-0.39, 0.29) is 23.8 Å². The van der Waals surface area contributed by atoms with Crippen molar-refractivity contribution in [2.75, 3.05) is 31.1 Å². The van der Waals surface area contributed by atoms with Crippen molar-refractivity contribution >= 4 is 40.1 Å². The minimum Gasteiger partial charge on any atom is -0.348 e. The summed E-state index contributed by atoms with van der Waals surface area (Å²) >= 11 is 0. The van der Waals surface area contributed by atoms with Gasteiger partial charge in [0.25, 0.3) is 5.91 Å². The lowest BCUT2D eigenvalue weighted by atomic mass is 9.89. The molecule has 14 heteroatoms. The number of aromatic nitrogens is 7. The summed E-state index contributed by atoms with van der Waals surface area (Å²) in [6, 6.07) is 14.6. The maximum Gasteiger partial charge on any atom is 0.329 e. The predicted molar refractivity (Wildman–Crippen MR) is 219 cm³/mol. The maximum absolute atomic E-state index is 12.8. The Bertz CT molecular complexity index is 2460. The van der Waals surface area contributed by atoms with Crippen LogP contribution in [0.3, 0.4) is 0 Å². The molecule has 2 N–H and O–H groups in total. The van der Waals surface area contributed by atoms with Crippen LogP contribution in [0, 0.1) is 6.92 Å². The van der Waals surface area contributed by atoms with Crippen molar-refractivity contribution in [2.24, 2.45) is 7.05 Å². The lowest BCUT2D eigenvalue weighted by molar-refractivity contribution is -0.120. The van der Waals surface area contributed by atoms with Gasteiger partial charge in [0, 0.05) is 49.9 Å². The Labute approximate surface area is 332 Å². The van der Waals surface area contributed by atoms with Crippen molar-refractivity contribution in [3.63, 3.8) is 0 Å². The molecule has 296 valence electrons. The number of piperidine rings is 1. The van der Waals surface area contributed by atoms with Crippen molar-refractivity contribution in [2.45, 2.75) is 84.2 Å². The van der Waals surface area contributed by atoms with E-state index in [0.717, 1.165) is 90.5 Å². The van der Waals surface area contributed by atoms with Gasteiger partial charge < -0.3 is 10.2 Å². The average Bonchev–Trinajstić information content (AvgIpc) is 3.94. The Morgan fingerprint density at radius 3 is 2.54 bits per heavy atom. The second-order valence-corrected chi connectivity index (χ2v) is 16.5. The number of fused-ring (bicyclic) bond motifs is 2. The van der Waals surface area contributed by atoms with E-state index in [0.29, 0.717) is 30.4 Å². The Morgan fingerprint density at radius 2 is 1.79 bits per heavy atom. The number of anilines is 1. The van der Waals surface area contributed by atoms with Crippen LogP contribution in [0.2, 0.25) is 0 Å². The number of likely N-dealkylation sites (tertiary alicyclic amines) is 1. The SMILES string of the molecule is Cc1cc(-c2ncnn3cc(CCCCN4CCC(c5ccc6c(N7CCC(=O)NC7=O)nn(C)c6c5)CC4)cc23)ccc1CNC(=O)c1cnn(C(C)(C)C)c1. The van der Waals surface area contributed by atoms with Gasteiger partial charge in [-0.1, -0.05) is 18.2 Å². The van der Waals surface area contributed by atoms with Crippen LogP contribution in [-0.4, -0.2) is 83.1 Å². The molecule has 0 bridgehead atoms. The zero-order valence-corrected chi connectivity index (χ0v) is 33.5. The summed E-state index contributed by atoms with van der Waals surface area (Å²) < 4.78 is 5.57. The van der Waals surface area contributed by atoms with Gasteiger partial charge in [0.2, 0.25) is 5.91 Å². The number of carbonyl (C=O) groups excluding carboxylic acids is 3.